The van der Waals surface area contributed by atoms with E-state index in [4.69, 9.17) is 11.6 Å². The van der Waals surface area contributed by atoms with Gasteiger partial charge in [-0.1, -0.05) is 41.9 Å². The van der Waals surface area contributed by atoms with E-state index in [-0.39, 0.29) is 17.2 Å². The maximum Gasteiger partial charge on any atom is 0.260 e. The Kier molecular flexibility index (Phi) is 6.44. The summed E-state index contributed by atoms with van der Waals surface area (Å²) in [5.41, 5.74) is 2.14. The van der Waals surface area contributed by atoms with E-state index in [0.717, 1.165) is 53.3 Å². The number of thiophene rings is 1. The standard InChI is InChI=1S/C23H25ClN4O2S2/c24-16-7-4-5-8-17(16)27-10-12-28(13-11-27)19(29)14-31-23-25-21(30)20-15-6-2-1-3-9-18(15)32-22(20)26-23/h4-5,7-8H,1-3,6,9-14H2,(H,25,26,30). The molecule has 9 heteroatoms. The third kappa shape index (κ3) is 4.40. The predicted octanol–water partition coefficient (Wildman–Crippen LogP) is 4.35. The Morgan fingerprint density at radius 1 is 1.12 bits per heavy atom. The number of piperazine rings is 1. The van der Waals surface area contributed by atoms with E-state index >= 15 is 0 Å². The number of halogens is 1. The molecule has 1 aliphatic carbocycles. The Labute approximate surface area is 200 Å². The Balaban J connectivity index is 1.22. The van der Waals surface area contributed by atoms with Crippen LogP contribution >= 0.6 is 34.7 Å². The Bertz CT molecular complexity index is 1200. The van der Waals surface area contributed by atoms with Gasteiger partial charge < -0.3 is 14.8 Å². The molecule has 1 aliphatic heterocycles. The van der Waals surface area contributed by atoms with Crippen molar-refractivity contribution in [1.82, 2.24) is 14.9 Å². The van der Waals surface area contributed by atoms with E-state index in [9.17, 15) is 9.59 Å². The normalized spacial score (nSPS) is 16.8. The van der Waals surface area contributed by atoms with Gasteiger partial charge in [-0.15, -0.1) is 11.3 Å². The van der Waals surface area contributed by atoms with Crippen LogP contribution < -0.4 is 10.5 Å². The predicted molar refractivity (Wildman–Crippen MR) is 132 cm³/mol. The molecule has 0 spiro atoms. The molecule has 2 aliphatic rings. The minimum Gasteiger partial charge on any atom is -0.367 e. The zero-order chi connectivity index (χ0) is 22.1. The van der Waals surface area contributed by atoms with Crippen molar-refractivity contribution in [2.75, 3.05) is 36.8 Å². The Morgan fingerprint density at radius 2 is 1.91 bits per heavy atom. The number of fused-ring (bicyclic) bond motifs is 3. The lowest BCUT2D eigenvalue weighted by molar-refractivity contribution is -0.128. The number of thioether (sulfide) groups is 1. The lowest BCUT2D eigenvalue weighted by Gasteiger charge is -2.36. The number of hydrogen-bond donors (Lipinski definition) is 1. The number of hydrogen-bond acceptors (Lipinski definition) is 6. The van der Waals surface area contributed by atoms with Crippen LogP contribution in [0.25, 0.3) is 10.2 Å². The summed E-state index contributed by atoms with van der Waals surface area (Å²) >= 11 is 9.27. The molecule has 3 aromatic rings. The summed E-state index contributed by atoms with van der Waals surface area (Å²) in [4.78, 5) is 39.4. The number of aryl methyl sites for hydroxylation is 2. The summed E-state index contributed by atoms with van der Waals surface area (Å²) < 4.78 is 0. The molecule has 0 saturated carbocycles. The molecule has 3 heterocycles. The molecular formula is C23H25ClN4O2S2. The second kappa shape index (κ2) is 9.45. The van der Waals surface area contributed by atoms with Gasteiger partial charge in [0.25, 0.3) is 5.56 Å². The highest BCUT2D eigenvalue weighted by Gasteiger charge is 2.23. The maximum atomic E-state index is 12.8. The molecule has 0 atom stereocenters. The second-order valence-corrected chi connectivity index (χ2v) is 10.7. The van der Waals surface area contributed by atoms with Gasteiger partial charge in [0.05, 0.1) is 21.8 Å². The summed E-state index contributed by atoms with van der Waals surface area (Å²) in [6.07, 6.45) is 5.53. The van der Waals surface area contributed by atoms with Gasteiger partial charge in [-0.3, -0.25) is 9.59 Å². The number of anilines is 1. The van der Waals surface area contributed by atoms with Crippen LogP contribution in [-0.4, -0.2) is 52.7 Å². The molecule has 6 nitrogen and oxygen atoms in total. The molecule has 1 amide bonds. The molecule has 2 aromatic heterocycles. The van der Waals surface area contributed by atoms with Crippen molar-refractivity contribution in [3.63, 3.8) is 0 Å². The molecule has 1 N–H and O–H groups in total. The summed E-state index contributed by atoms with van der Waals surface area (Å²) in [7, 11) is 0. The minimum absolute atomic E-state index is 0.0681. The van der Waals surface area contributed by atoms with Crippen LogP contribution in [0.4, 0.5) is 5.69 Å². The van der Waals surface area contributed by atoms with Gasteiger partial charge in [-0.25, -0.2) is 4.98 Å². The monoisotopic (exact) mass is 488 g/mol. The average Bonchev–Trinajstić information content (AvgIpc) is 3.00. The quantitative estimate of drug-likeness (QED) is 0.336. The number of benzene rings is 1. The number of H-pyrrole nitrogens is 1. The summed E-state index contributed by atoms with van der Waals surface area (Å²) in [6.45, 7) is 2.82. The number of aromatic nitrogens is 2. The molecule has 1 saturated heterocycles. The van der Waals surface area contributed by atoms with Crippen LogP contribution in [0.3, 0.4) is 0 Å². The van der Waals surface area contributed by atoms with Gasteiger partial charge >= 0.3 is 0 Å². The number of amides is 1. The highest BCUT2D eigenvalue weighted by molar-refractivity contribution is 7.99. The summed E-state index contributed by atoms with van der Waals surface area (Å²) in [5.74, 6) is 0.338. The number of carbonyl (C=O) groups excluding carboxylic acids is 1. The number of para-hydroxylation sites is 1. The molecule has 0 radical (unpaired) electrons. The second-order valence-electron chi connectivity index (χ2n) is 8.22. The first-order valence-corrected chi connectivity index (χ1v) is 13.2. The van der Waals surface area contributed by atoms with Gasteiger partial charge in [0, 0.05) is 31.1 Å². The third-order valence-corrected chi connectivity index (χ3v) is 8.57. The van der Waals surface area contributed by atoms with E-state index in [1.807, 2.05) is 29.2 Å². The zero-order valence-corrected chi connectivity index (χ0v) is 20.1. The summed E-state index contributed by atoms with van der Waals surface area (Å²) in [6, 6.07) is 7.80. The lowest BCUT2D eigenvalue weighted by Crippen LogP contribution is -2.49. The number of carbonyl (C=O) groups is 1. The maximum absolute atomic E-state index is 12.8. The lowest BCUT2D eigenvalue weighted by atomic mass is 10.1. The van der Waals surface area contributed by atoms with E-state index in [0.29, 0.717) is 18.2 Å². The number of aromatic amines is 1. The molecular weight excluding hydrogens is 464 g/mol. The van der Waals surface area contributed by atoms with Crippen LogP contribution in [0.2, 0.25) is 5.02 Å². The van der Waals surface area contributed by atoms with Crippen molar-refractivity contribution >= 4 is 56.5 Å². The van der Waals surface area contributed by atoms with Crippen molar-refractivity contribution in [2.24, 2.45) is 0 Å². The third-order valence-electron chi connectivity index (χ3n) is 6.21. The van der Waals surface area contributed by atoms with Crippen LogP contribution in [0.15, 0.2) is 34.2 Å². The smallest absolute Gasteiger partial charge is 0.260 e. The van der Waals surface area contributed by atoms with Crippen LogP contribution in [0.1, 0.15) is 29.7 Å². The Morgan fingerprint density at radius 3 is 2.72 bits per heavy atom. The molecule has 32 heavy (non-hydrogen) atoms. The molecule has 1 fully saturated rings. The number of nitrogens with zero attached hydrogens (tertiary/aromatic N) is 3. The fraction of sp³-hybridized carbons (Fsp3) is 0.435. The van der Waals surface area contributed by atoms with Gasteiger partial charge in [-0.2, -0.15) is 0 Å². The van der Waals surface area contributed by atoms with Gasteiger partial charge in [0.15, 0.2) is 5.16 Å². The van der Waals surface area contributed by atoms with E-state index in [2.05, 4.69) is 14.9 Å². The highest BCUT2D eigenvalue weighted by atomic mass is 35.5. The largest absolute Gasteiger partial charge is 0.367 e. The van der Waals surface area contributed by atoms with Gasteiger partial charge in [-0.05, 0) is 43.4 Å². The highest BCUT2D eigenvalue weighted by Crippen LogP contribution is 2.33. The first kappa shape index (κ1) is 21.8. The Hall–Kier alpha value is -2.03. The number of rotatable bonds is 4. The van der Waals surface area contributed by atoms with Crippen molar-refractivity contribution in [3.8, 4) is 0 Å². The molecule has 0 bridgehead atoms. The van der Waals surface area contributed by atoms with Crippen molar-refractivity contribution < 1.29 is 4.79 Å². The number of nitrogens with one attached hydrogen (secondary N) is 1. The fourth-order valence-electron chi connectivity index (χ4n) is 4.52. The fourth-order valence-corrected chi connectivity index (χ4v) is 6.85. The SMILES string of the molecule is O=C(CSc1nc2sc3c(c2c(=O)[nH]1)CCCCC3)N1CCN(c2ccccc2Cl)CC1. The first-order valence-electron chi connectivity index (χ1n) is 11.0. The first-order chi connectivity index (χ1) is 15.6. The molecule has 5 rings (SSSR count). The zero-order valence-electron chi connectivity index (χ0n) is 17.7. The van der Waals surface area contributed by atoms with Crippen LogP contribution in [0, 0.1) is 0 Å². The van der Waals surface area contributed by atoms with Gasteiger partial charge in [0.2, 0.25) is 5.91 Å². The van der Waals surface area contributed by atoms with Crippen molar-refractivity contribution in [2.45, 2.75) is 37.3 Å². The van der Waals surface area contributed by atoms with Gasteiger partial charge in [0.1, 0.15) is 4.83 Å². The van der Waals surface area contributed by atoms with Crippen molar-refractivity contribution in [3.05, 3.63) is 50.1 Å². The molecule has 1 aromatic carbocycles. The van der Waals surface area contributed by atoms with E-state index in [1.54, 1.807) is 11.3 Å². The molecule has 0 unspecified atom stereocenters. The van der Waals surface area contributed by atoms with Crippen LogP contribution in [0.5, 0.6) is 0 Å². The molecule has 168 valence electrons. The van der Waals surface area contributed by atoms with E-state index in [1.165, 1.54) is 35.0 Å². The average molecular weight is 489 g/mol. The van der Waals surface area contributed by atoms with Crippen LogP contribution in [-0.2, 0) is 17.6 Å². The minimum atomic E-state index is -0.0716. The summed E-state index contributed by atoms with van der Waals surface area (Å²) in [5, 5.41) is 2.03. The topological polar surface area (TPSA) is 69.3 Å². The van der Waals surface area contributed by atoms with Crippen molar-refractivity contribution in [1.29, 1.82) is 0 Å². The van der Waals surface area contributed by atoms with E-state index < -0.39 is 0 Å².